The summed E-state index contributed by atoms with van der Waals surface area (Å²) in [5.74, 6) is 0.259. The van der Waals surface area contributed by atoms with Gasteiger partial charge in [-0.1, -0.05) is 42.0 Å². The minimum atomic E-state index is -0.299. The third kappa shape index (κ3) is 4.76. The SMILES string of the molecule is CNc1nc(-c2cc(C3=NCC=C3)n(Cc3ccccc3F)n2)ncc1NC(=O)c1cccc(C)c1. The van der Waals surface area contributed by atoms with E-state index >= 15 is 0 Å². The van der Waals surface area contributed by atoms with Gasteiger partial charge in [0.25, 0.3) is 5.91 Å². The van der Waals surface area contributed by atoms with Crippen molar-refractivity contribution in [2.24, 2.45) is 4.99 Å². The summed E-state index contributed by atoms with van der Waals surface area (Å²) >= 11 is 0. The van der Waals surface area contributed by atoms with E-state index in [1.54, 1.807) is 42.2 Å². The number of anilines is 2. The van der Waals surface area contributed by atoms with Crippen molar-refractivity contribution in [1.82, 2.24) is 19.7 Å². The average molecular weight is 482 g/mol. The molecule has 9 heteroatoms. The lowest BCUT2D eigenvalue weighted by Gasteiger charge is -2.11. The van der Waals surface area contributed by atoms with Crippen LogP contribution in [-0.4, -0.2) is 45.0 Å². The standard InChI is InChI=1S/C27H24FN7O/c1-17-7-5-9-18(13-17)27(36)32-23-15-31-26(33-25(23)29-2)22-14-24(21-11-6-12-30-21)35(34-22)16-19-8-3-4-10-20(19)28/h3-11,13-15H,12,16H2,1-2H3,(H,32,36)(H,29,31,33). The predicted octanol–water partition coefficient (Wildman–Crippen LogP) is 4.49. The van der Waals surface area contributed by atoms with Gasteiger partial charge in [-0.25, -0.2) is 14.4 Å². The number of hydrogen-bond donors (Lipinski definition) is 2. The Kier molecular flexibility index (Phi) is 6.36. The third-order valence-electron chi connectivity index (χ3n) is 5.75. The molecule has 5 rings (SSSR count). The Bertz CT molecular complexity index is 1510. The van der Waals surface area contributed by atoms with Crippen molar-refractivity contribution in [3.05, 3.63) is 101 Å². The first-order chi connectivity index (χ1) is 17.5. The number of rotatable bonds is 7. The molecule has 0 unspecified atom stereocenters. The van der Waals surface area contributed by atoms with Crippen molar-refractivity contribution < 1.29 is 9.18 Å². The number of aryl methyl sites for hydroxylation is 1. The van der Waals surface area contributed by atoms with Gasteiger partial charge >= 0.3 is 0 Å². The largest absolute Gasteiger partial charge is 0.371 e. The molecule has 1 amide bonds. The lowest BCUT2D eigenvalue weighted by atomic mass is 10.1. The Hall–Kier alpha value is -4.66. The fraction of sp³-hybridized carbons (Fsp3) is 0.148. The first-order valence-corrected chi connectivity index (χ1v) is 11.5. The van der Waals surface area contributed by atoms with Crippen molar-refractivity contribution in [2.45, 2.75) is 13.5 Å². The maximum Gasteiger partial charge on any atom is 0.255 e. The summed E-state index contributed by atoms with van der Waals surface area (Å²) in [6.07, 6.45) is 5.42. The summed E-state index contributed by atoms with van der Waals surface area (Å²) in [6.45, 7) is 2.75. The fourth-order valence-electron chi connectivity index (χ4n) is 3.94. The van der Waals surface area contributed by atoms with Crippen LogP contribution < -0.4 is 10.6 Å². The van der Waals surface area contributed by atoms with Gasteiger partial charge in [0.05, 0.1) is 30.7 Å². The van der Waals surface area contributed by atoms with Gasteiger partial charge in [-0.05, 0) is 37.3 Å². The van der Waals surface area contributed by atoms with Gasteiger partial charge in [0, 0.05) is 18.2 Å². The van der Waals surface area contributed by atoms with Gasteiger partial charge in [-0.2, -0.15) is 5.10 Å². The Morgan fingerprint density at radius 3 is 2.75 bits per heavy atom. The van der Waals surface area contributed by atoms with E-state index in [4.69, 9.17) is 0 Å². The molecule has 2 N–H and O–H groups in total. The summed E-state index contributed by atoms with van der Waals surface area (Å²) in [5, 5.41) is 10.6. The molecule has 0 fully saturated rings. The molecule has 2 aromatic heterocycles. The van der Waals surface area contributed by atoms with Crippen molar-refractivity contribution >= 4 is 23.1 Å². The highest BCUT2D eigenvalue weighted by molar-refractivity contribution is 6.09. The Labute approximate surface area is 207 Å². The molecule has 0 saturated heterocycles. The molecule has 1 aliphatic heterocycles. The van der Waals surface area contributed by atoms with Gasteiger partial charge in [0.15, 0.2) is 11.6 Å². The van der Waals surface area contributed by atoms with Gasteiger partial charge in [-0.15, -0.1) is 0 Å². The fourth-order valence-corrected chi connectivity index (χ4v) is 3.94. The number of aliphatic imine (C=N–C) groups is 1. The molecular weight excluding hydrogens is 457 g/mol. The van der Waals surface area contributed by atoms with E-state index in [2.05, 4.69) is 30.7 Å². The molecular formula is C27H24FN7O. The van der Waals surface area contributed by atoms with Crippen molar-refractivity contribution in [3.63, 3.8) is 0 Å². The van der Waals surface area contributed by atoms with E-state index < -0.39 is 0 Å². The number of aromatic nitrogens is 4. The second-order valence-electron chi connectivity index (χ2n) is 8.32. The molecule has 0 atom stereocenters. The quantitative estimate of drug-likeness (QED) is 0.405. The van der Waals surface area contributed by atoms with Gasteiger partial charge < -0.3 is 10.6 Å². The summed E-state index contributed by atoms with van der Waals surface area (Å²) in [6, 6.07) is 15.8. The Balaban J connectivity index is 1.47. The third-order valence-corrected chi connectivity index (χ3v) is 5.75. The first-order valence-electron chi connectivity index (χ1n) is 11.5. The maximum atomic E-state index is 14.4. The van der Waals surface area contributed by atoms with E-state index in [-0.39, 0.29) is 18.3 Å². The molecule has 36 heavy (non-hydrogen) atoms. The molecule has 3 heterocycles. The number of nitrogens with one attached hydrogen (secondary N) is 2. The number of carbonyl (C=O) groups excluding carboxylic acids is 1. The number of benzene rings is 2. The highest BCUT2D eigenvalue weighted by atomic mass is 19.1. The second kappa shape index (κ2) is 9.91. The Morgan fingerprint density at radius 1 is 1.14 bits per heavy atom. The lowest BCUT2D eigenvalue weighted by Crippen LogP contribution is -2.14. The van der Waals surface area contributed by atoms with Crippen LogP contribution in [0.25, 0.3) is 11.5 Å². The number of halogens is 1. The van der Waals surface area contributed by atoms with Gasteiger partial charge in [0.1, 0.15) is 17.2 Å². The van der Waals surface area contributed by atoms with Crippen molar-refractivity contribution in [1.29, 1.82) is 0 Å². The van der Waals surface area contributed by atoms with Crippen LogP contribution in [0.1, 0.15) is 27.2 Å². The monoisotopic (exact) mass is 481 g/mol. The molecule has 4 aromatic rings. The molecule has 180 valence electrons. The number of amides is 1. The van der Waals surface area contributed by atoms with Crippen LogP contribution in [0.4, 0.5) is 15.9 Å². The van der Waals surface area contributed by atoms with Crippen LogP contribution in [-0.2, 0) is 6.54 Å². The smallest absolute Gasteiger partial charge is 0.255 e. The molecule has 1 aliphatic rings. The van der Waals surface area contributed by atoms with Gasteiger partial charge in [-0.3, -0.25) is 14.5 Å². The van der Waals surface area contributed by atoms with Crippen molar-refractivity contribution in [3.8, 4) is 11.5 Å². The van der Waals surface area contributed by atoms with Crippen LogP contribution in [0.2, 0.25) is 0 Å². The molecule has 2 aromatic carbocycles. The lowest BCUT2D eigenvalue weighted by molar-refractivity contribution is 0.102. The molecule has 0 radical (unpaired) electrons. The van der Waals surface area contributed by atoms with Crippen molar-refractivity contribution in [2.75, 3.05) is 24.2 Å². The highest BCUT2D eigenvalue weighted by Gasteiger charge is 2.19. The normalized spacial score (nSPS) is 12.5. The zero-order chi connectivity index (χ0) is 25.1. The summed E-state index contributed by atoms with van der Waals surface area (Å²) in [5.41, 5.74) is 4.52. The minimum Gasteiger partial charge on any atom is -0.371 e. The summed E-state index contributed by atoms with van der Waals surface area (Å²) in [7, 11) is 1.72. The second-order valence-corrected chi connectivity index (χ2v) is 8.32. The molecule has 8 nitrogen and oxygen atoms in total. The highest BCUT2D eigenvalue weighted by Crippen LogP contribution is 2.25. The van der Waals surface area contributed by atoms with Crippen LogP contribution in [0.15, 0.2) is 77.9 Å². The van der Waals surface area contributed by atoms with E-state index in [0.29, 0.717) is 40.7 Å². The van der Waals surface area contributed by atoms with Gasteiger partial charge in [0.2, 0.25) is 0 Å². The topological polar surface area (TPSA) is 97.1 Å². The molecule has 0 aliphatic carbocycles. The van der Waals surface area contributed by atoms with E-state index in [1.807, 2.05) is 43.3 Å². The predicted molar refractivity (Wildman–Crippen MR) is 138 cm³/mol. The van der Waals surface area contributed by atoms with E-state index in [1.165, 1.54) is 6.07 Å². The van der Waals surface area contributed by atoms with Crippen LogP contribution >= 0.6 is 0 Å². The van der Waals surface area contributed by atoms with Crippen LogP contribution in [0.5, 0.6) is 0 Å². The number of allylic oxidation sites excluding steroid dienone is 1. The van der Waals surface area contributed by atoms with Crippen LogP contribution in [0.3, 0.4) is 0 Å². The Morgan fingerprint density at radius 2 is 2.00 bits per heavy atom. The zero-order valence-electron chi connectivity index (χ0n) is 19.9. The average Bonchev–Trinajstić information content (AvgIpc) is 3.56. The zero-order valence-corrected chi connectivity index (χ0v) is 19.9. The molecule has 0 spiro atoms. The summed E-state index contributed by atoms with van der Waals surface area (Å²) < 4.78 is 16.1. The maximum absolute atomic E-state index is 14.4. The summed E-state index contributed by atoms with van der Waals surface area (Å²) in [4.78, 5) is 26.3. The first kappa shape index (κ1) is 23.1. The van der Waals surface area contributed by atoms with Crippen LogP contribution in [0, 0.1) is 12.7 Å². The minimum absolute atomic E-state index is 0.235. The number of carbonyl (C=O) groups is 1. The van der Waals surface area contributed by atoms with E-state index in [0.717, 1.165) is 17.0 Å². The van der Waals surface area contributed by atoms with E-state index in [9.17, 15) is 9.18 Å². The number of hydrogen-bond acceptors (Lipinski definition) is 6. The number of nitrogens with zero attached hydrogens (tertiary/aromatic N) is 5. The molecule has 0 bridgehead atoms. The molecule has 0 saturated carbocycles.